The van der Waals surface area contributed by atoms with Gasteiger partial charge in [0.2, 0.25) is 5.91 Å². The van der Waals surface area contributed by atoms with Crippen LogP contribution in [0.25, 0.3) is 0 Å². The van der Waals surface area contributed by atoms with Crippen molar-refractivity contribution in [3.63, 3.8) is 0 Å². The van der Waals surface area contributed by atoms with Crippen LogP contribution in [0.5, 0.6) is 11.5 Å². The minimum Gasteiger partial charge on any atom is -0.497 e. The predicted octanol–water partition coefficient (Wildman–Crippen LogP) is 2.82. The first-order valence-electron chi connectivity index (χ1n) is 6.47. The highest BCUT2D eigenvalue weighted by molar-refractivity contribution is 5.79. The average molecular weight is 317 g/mol. The molecule has 0 saturated carbocycles. The highest BCUT2D eigenvalue weighted by Gasteiger charge is 2.32. The Kier molecular flexibility index (Phi) is 6.27. The number of ether oxygens (including phenoxy) is 2. The first-order chi connectivity index (χ1) is 10.3. The van der Waals surface area contributed by atoms with Crippen LogP contribution in [0.1, 0.15) is 5.56 Å². The van der Waals surface area contributed by atoms with E-state index in [9.17, 15) is 18.0 Å². The zero-order valence-electron chi connectivity index (χ0n) is 12.4. The Morgan fingerprint density at radius 2 is 2.00 bits per heavy atom. The fraction of sp³-hybridized carbons (Fsp3) is 0.400. The maximum absolute atomic E-state index is 12.5. The normalized spacial score (nSPS) is 11.0. The number of hydrogen-bond donors (Lipinski definition) is 0. The standard InChI is InChI=1S/C15H18F3NO3/c1-4-7-19(10-15(16,17)18)14(20)8-11-5-6-12(21-2)9-13(11)22-3/h4-6,9H,1,7-8,10H2,2-3H3. The van der Waals surface area contributed by atoms with E-state index < -0.39 is 18.6 Å². The summed E-state index contributed by atoms with van der Waals surface area (Å²) in [5.41, 5.74) is 0.490. The van der Waals surface area contributed by atoms with E-state index in [-0.39, 0.29) is 13.0 Å². The lowest BCUT2D eigenvalue weighted by Crippen LogP contribution is -2.39. The molecule has 0 spiro atoms. The third kappa shape index (κ3) is 5.31. The van der Waals surface area contributed by atoms with Crippen LogP contribution in [0, 0.1) is 0 Å². The van der Waals surface area contributed by atoms with Crippen LogP contribution >= 0.6 is 0 Å². The molecule has 1 aromatic carbocycles. The van der Waals surface area contributed by atoms with Crippen LogP contribution in [0.2, 0.25) is 0 Å². The maximum Gasteiger partial charge on any atom is 0.406 e. The fourth-order valence-corrected chi connectivity index (χ4v) is 1.90. The van der Waals surface area contributed by atoms with Crippen molar-refractivity contribution in [3.05, 3.63) is 36.4 Å². The molecular formula is C15H18F3NO3. The largest absolute Gasteiger partial charge is 0.497 e. The van der Waals surface area contributed by atoms with E-state index in [1.807, 2.05) is 0 Å². The summed E-state index contributed by atoms with van der Waals surface area (Å²) >= 11 is 0. The molecule has 0 bridgehead atoms. The molecule has 4 nitrogen and oxygen atoms in total. The summed E-state index contributed by atoms with van der Waals surface area (Å²) in [6.45, 7) is 1.89. The Hall–Kier alpha value is -2.18. The van der Waals surface area contributed by atoms with Gasteiger partial charge in [-0.05, 0) is 6.07 Å². The van der Waals surface area contributed by atoms with Crippen LogP contribution in [-0.4, -0.2) is 44.3 Å². The van der Waals surface area contributed by atoms with E-state index in [1.165, 1.54) is 20.3 Å². The SMILES string of the molecule is C=CCN(CC(F)(F)F)C(=O)Cc1ccc(OC)cc1OC. The number of hydrogen-bond acceptors (Lipinski definition) is 3. The number of carbonyl (C=O) groups excluding carboxylic acids is 1. The second-order valence-corrected chi connectivity index (χ2v) is 4.53. The van der Waals surface area contributed by atoms with Crippen molar-refractivity contribution in [1.82, 2.24) is 4.90 Å². The molecule has 122 valence electrons. The van der Waals surface area contributed by atoms with E-state index in [0.29, 0.717) is 22.0 Å². The fourth-order valence-electron chi connectivity index (χ4n) is 1.90. The molecule has 1 rings (SSSR count). The van der Waals surface area contributed by atoms with Gasteiger partial charge >= 0.3 is 6.18 Å². The Morgan fingerprint density at radius 3 is 2.50 bits per heavy atom. The van der Waals surface area contributed by atoms with Gasteiger partial charge < -0.3 is 14.4 Å². The Labute approximate surface area is 127 Å². The quantitative estimate of drug-likeness (QED) is 0.726. The molecule has 1 amide bonds. The van der Waals surface area contributed by atoms with E-state index in [2.05, 4.69) is 6.58 Å². The number of benzene rings is 1. The predicted molar refractivity (Wildman–Crippen MR) is 76.1 cm³/mol. The molecule has 0 aromatic heterocycles. The zero-order valence-corrected chi connectivity index (χ0v) is 12.4. The van der Waals surface area contributed by atoms with Crippen molar-refractivity contribution in [2.24, 2.45) is 0 Å². The topological polar surface area (TPSA) is 38.8 Å². The van der Waals surface area contributed by atoms with Gasteiger partial charge in [-0.1, -0.05) is 12.1 Å². The second-order valence-electron chi connectivity index (χ2n) is 4.53. The number of nitrogens with zero attached hydrogens (tertiary/aromatic N) is 1. The lowest BCUT2D eigenvalue weighted by molar-refractivity contribution is -0.159. The van der Waals surface area contributed by atoms with Gasteiger partial charge in [-0.3, -0.25) is 4.79 Å². The van der Waals surface area contributed by atoms with Crippen molar-refractivity contribution in [1.29, 1.82) is 0 Å². The van der Waals surface area contributed by atoms with Crippen LogP contribution in [-0.2, 0) is 11.2 Å². The molecular weight excluding hydrogens is 299 g/mol. The molecule has 22 heavy (non-hydrogen) atoms. The first-order valence-corrected chi connectivity index (χ1v) is 6.47. The molecule has 0 aliphatic carbocycles. The van der Waals surface area contributed by atoms with Crippen LogP contribution in [0.15, 0.2) is 30.9 Å². The van der Waals surface area contributed by atoms with E-state index >= 15 is 0 Å². The van der Waals surface area contributed by atoms with E-state index in [1.54, 1.807) is 18.2 Å². The number of rotatable bonds is 7. The van der Waals surface area contributed by atoms with Gasteiger partial charge in [-0.25, -0.2) is 0 Å². The lowest BCUT2D eigenvalue weighted by atomic mass is 10.1. The third-order valence-corrected chi connectivity index (χ3v) is 2.91. The summed E-state index contributed by atoms with van der Waals surface area (Å²) in [6, 6.07) is 4.78. The minimum atomic E-state index is -4.46. The van der Waals surface area contributed by atoms with Crippen molar-refractivity contribution in [3.8, 4) is 11.5 Å². The van der Waals surface area contributed by atoms with Gasteiger partial charge in [0, 0.05) is 18.2 Å². The average Bonchev–Trinajstić information content (AvgIpc) is 2.45. The maximum atomic E-state index is 12.5. The summed E-state index contributed by atoms with van der Waals surface area (Å²) in [5, 5.41) is 0. The van der Waals surface area contributed by atoms with Crippen molar-refractivity contribution < 1.29 is 27.4 Å². The van der Waals surface area contributed by atoms with Crippen LogP contribution < -0.4 is 9.47 Å². The summed E-state index contributed by atoms with van der Waals surface area (Å²) in [6.07, 6.45) is -3.39. The number of methoxy groups -OCH3 is 2. The third-order valence-electron chi connectivity index (χ3n) is 2.91. The highest BCUT2D eigenvalue weighted by Crippen LogP contribution is 2.26. The molecule has 0 saturated heterocycles. The van der Waals surface area contributed by atoms with Gasteiger partial charge in [0.1, 0.15) is 18.0 Å². The van der Waals surface area contributed by atoms with Crippen LogP contribution in [0.3, 0.4) is 0 Å². The molecule has 0 atom stereocenters. The molecule has 0 aliphatic heterocycles. The summed E-state index contributed by atoms with van der Waals surface area (Å²) in [4.78, 5) is 12.8. The molecule has 0 N–H and O–H groups in total. The number of alkyl halides is 3. The zero-order chi connectivity index (χ0) is 16.8. The Balaban J connectivity index is 2.91. The smallest absolute Gasteiger partial charge is 0.406 e. The first kappa shape index (κ1) is 17.9. The number of amides is 1. The monoisotopic (exact) mass is 317 g/mol. The second kappa shape index (κ2) is 7.72. The molecule has 1 aromatic rings. The van der Waals surface area contributed by atoms with Crippen molar-refractivity contribution in [2.75, 3.05) is 27.3 Å². The molecule has 0 fully saturated rings. The molecule has 0 radical (unpaired) electrons. The highest BCUT2D eigenvalue weighted by atomic mass is 19.4. The van der Waals surface area contributed by atoms with E-state index in [0.717, 1.165) is 0 Å². The molecule has 7 heteroatoms. The van der Waals surface area contributed by atoms with Gasteiger partial charge in [0.15, 0.2) is 0 Å². The van der Waals surface area contributed by atoms with Gasteiger partial charge in [0.25, 0.3) is 0 Å². The molecule has 0 aliphatic rings. The summed E-state index contributed by atoms with van der Waals surface area (Å²) in [7, 11) is 2.90. The van der Waals surface area contributed by atoms with Gasteiger partial charge in [-0.15, -0.1) is 6.58 Å². The Morgan fingerprint density at radius 1 is 1.32 bits per heavy atom. The molecule has 0 heterocycles. The van der Waals surface area contributed by atoms with Gasteiger partial charge in [-0.2, -0.15) is 13.2 Å². The summed E-state index contributed by atoms with van der Waals surface area (Å²) in [5.74, 6) is 0.269. The van der Waals surface area contributed by atoms with Crippen molar-refractivity contribution >= 4 is 5.91 Å². The number of carbonyl (C=O) groups is 1. The van der Waals surface area contributed by atoms with Gasteiger partial charge in [0.05, 0.1) is 20.6 Å². The lowest BCUT2D eigenvalue weighted by Gasteiger charge is -2.23. The van der Waals surface area contributed by atoms with E-state index in [4.69, 9.17) is 9.47 Å². The van der Waals surface area contributed by atoms with Crippen molar-refractivity contribution in [2.45, 2.75) is 12.6 Å². The Bertz CT molecular complexity index is 529. The number of halogens is 3. The van der Waals surface area contributed by atoms with Crippen LogP contribution in [0.4, 0.5) is 13.2 Å². The summed E-state index contributed by atoms with van der Waals surface area (Å²) < 4.78 is 47.7. The minimum absolute atomic E-state index is 0.170. The molecule has 0 unspecified atom stereocenters.